The minimum Gasteiger partial charge on any atom is -0.381 e. The molecule has 120 heavy (non-hydrogen) atoms. The van der Waals surface area contributed by atoms with Crippen LogP contribution in [0.1, 0.15) is 431 Å². The van der Waals surface area contributed by atoms with Crippen molar-refractivity contribution in [3.63, 3.8) is 0 Å². The Bertz CT molecular complexity index is 2740. The third-order valence-electron chi connectivity index (χ3n) is 39.0. The van der Waals surface area contributed by atoms with Crippen LogP contribution in [0.15, 0.2) is 0 Å². The molecule has 0 aromatic rings. The van der Waals surface area contributed by atoms with Gasteiger partial charge in [0.2, 0.25) is 0 Å². The van der Waals surface area contributed by atoms with Gasteiger partial charge in [0.05, 0.1) is 57.5 Å². The Morgan fingerprint density at radius 1 is 0.233 bits per heavy atom. The second-order valence-electron chi connectivity index (χ2n) is 47.0. The second kappa shape index (κ2) is 48.2. The monoisotopic (exact) mass is 1680 g/mol. The molecule has 0 amide bonds. The average Bonchev–Trinajstić information content (AvgIpc) is 1.53. The standard InChI is InChI=1S/C16H26O.C15H28O.2C14H26O.2C12H22O.C11H20O.C9H16O.C8H14O/c1-4-17-15-11-8-12(16(15,2)3)14-10-6-5-9(7-10)13(11)14;1-2-16-13-15(11-7-4-8-12-15)14-9-5-3-6-10-14;1-3-15-11-14(2)10-6-8-12-7-4-5-9-13(12)14;1-3-15-11-14(2)9-8-12-6-4-5-7-13(12)10-14;1-3-13-9-12(2)7-10-5-4-6-11(10)8-12;1-3-13-9-12(2)8-7-10-5-4-6-11(10)12;1-2-12-11-9-5-3-6-10(11)8-4-7-9;1-2-10-9-7-3-4-8(9)6-5-7;1-2-9-8-6-3-4-7(8)5-6/h9-15H,4-8H2,1-3H3;14H,2-13H2,1H3;2*12-13H,3-11H2,1-2H3;2*10-11H,3-9H2,1-2H3;9-11H,2-8H2,1H3;7-9H,2-6H2,1H3;6-8H,2-5H2,1H3. The third kappa shape index (κ3) is 25.1. The van der Waals surface area contributed by atoms with Crippen molar-refractivity contribution in [2.45, 2.75) is 456 Å². The largest absolute Gasteiger partial charge is 0.381 e. The fourth-order valence-corrected chi connectivity index (χ4v) is 33.2. The first kappa shape index (κ1) is 98.7. The van der Waals surface area contributed by atoms with Gasteiger partial charge in [-0.1, -0.05) is 183 Å². The van der Waals surface area contributed by atoms with Gasteiger partial charge in [0, 0.05) is 59.5 Å². The van der Waals surface area contributed by atoms with Crippen molar-refractivity contribution in [2.24, 2.45) is 157 Å². The van der Waals surface area contributed by atoms with Crippen LogP contribution in [0.3, 0.4) is 0 Å². The van der Waals surface area contributed by atoms with Gasteiger partial charge in [-0.05, 0) is 405 Å². The summed E-state index contributed by atoms with van der Waals surface area (Å²) in [6, 6.07) is 0. The molecule has 20 atom stereocenters. The maximum atomic E-state index is 6.17. The van der Waals surface area contributed by atoms with Gasteiger partial charge in [-0.3, -0.25) is 0 Å². The minimum absolute atomic E-state index is 0.451. The van der Waals surface area contributed by atoms with Gasteiger partial charge in [-0.2, -0.15) is 0 Å². The van der Waals surface area contributed by atoms with Crippen molar-refractivity contribution >= 4 is 0 Å². The highest BCUT2D eigenvalue weighted by molar-refractivity contribution is 5.17. The summed E-state index contributed by atoms with van der Waals surface area (Å²) >= 11 is 0. The van der Waals surface area contributed by atoms with E-state index in [0.29, 0.717) is 56.9 Å². The fourth-order valence-electron chi connectivity index (χ4n) is 33.2. The Balaban J connectivity index is 0.000000124. The molecule has 0 heterocycles. The van der Waals surface area contributed by atoms with E-state index in [0.717, 1.165) is 217 Å². The molecule has 21 fully saturated rings. The molecule has 0 N–H and O–H groups in total. The van der Waals surface area contributed by atoms with Gasteiger partial charge in [0.25, 0.3) is 0 Å². The molecule has 20 unspecified atom stereocenters. The summed E-state index contributed by atoms with van der Waals surface area (Å²) in [6.07, 6.45) is 77.1. The SMILES string of the molecule is CCOC1C2CC(C3C4CCC(C4)C23)C1(C)C.CCOC1C2CCC1C2.CCOC1C2CCC1CC2.CCOC1C2CCCC1CCC2.CCOCC1(C)CC2CCCC2C1.CCOCC1(C)CCC2CCCC21.CCOCC1(C)CCC2CCCCC2C1.CCOCC1(C)CCCC2CCCCC21.CCOCC1(C2CCCCC2)CCCCC1. The van der Waals surface area contributed by atoms with E-state index in [1.54, 1.807) is 12.8 Å². The van der Waals surface area contributed by atoms with Crippen LogP contribution in [-0.2, 0) is 42.6 Å². The van der Waals surface area contributed by atoms with E-state index < -0.39 is 0 Å². The van der Waals surface area contributed by atoms with Crippen molar-refractivity contribution in [3.05, 3.63) is 0 Å². The minimum atomic E-state index is 0.451. The van der Waals surface area contributed by atoms with Crippen LogP contribution in [0.2, 0.25) is 0 Å². The predicted octanol–water partition coefficient (Wildman–Crippen LogP) is 29.8. The first-order valence-corrected chi connectivity index (χ1v) is 54.6. The number of rotatable bonds is 24. The summed E-state index contributed by atoms with van der Waals surface area (Å²) < 4.78 is 51.7. The van der Waals surface area contributed by atoms with Crippen molar-refractivity contribution in [1.29, 1.82) is 0 Å². The number of hydrogen-bond donors (Lipinski definition) is 0. The quantitative estimate of drug-likeness (QED) is 0.0878. The third-order valence-corrected chi connectivity index (χ3v) is 39.0. The van der Waals surface area contributed by atoms with E-state index >= 15 is 0 Å². The lowest BCUT2D eigenvalue weighted by atomic mass is 9.58. The number of fused-ring (bicyclic) bond motifs is 18. The van der Waals surface area contributed by atoms with Crippen LogP contribution in [-0.4, -0.2) is 117 Å². The molecule has 9 nitrogen and oxygen atoms in total. The zero-order valence-electron chi connectivity index (χ0n) is 82.1. The Labute approximate surface area is 743 Å². The topological polar surface area (TPSA) is 83.1 Å². The van der Waals surface area contributed by atoms with Crippen molar-refractivity contribution in [1.82, 2.24) is 0 Å². The molecule has 0 aromatic heterocycles. The van der Waals surface area contributed by atoms with Crippen LogP contribution >= 0.6 is 0 Å². The van der Waals surface area contributed by atoms with Gasteiger partial charge in [-0.25, -0.2) is 0 Å². The van der Waals surface area contributed by atoms with Crippen LogP contribution < -0.4 is 0 Å². The Morgan fingerprint density at radius 3 is 1.15 bits per heavy atom. The molecule has 0 aliphatic heterocycles. The zero-order chi connectivity index (χ0) is 84.8. The molecule has 0 radical (unpaired) electrons. The van der Waals surface area contributed by atoms with Gasteiger partial charge in [0.1, 0.15) is 0 Å². The van der Waals surface area contributed by atoms with E-state index in [-0.39, 0.29) is 0 Å². The molecule has 10 bridgehead atoms. The highest BCUT2D eigenvalue weighted by Crippen LogP contribution is 2.72. The fraction of sp³-hybridized carbons (Fsp3) is 1.00. The molecular formula is C111H200O9. The molecule has 21 saturated carbocycles. The Kier molecular flexibility index (Phi) is 39.6. The molecule has 698 valence electrons. The highest BCUT2D eigenvalue weighted by atomic mass is 16.5. The Hall–Kier alpha value is -0.360. The van der Waals surface area contributed by atoms with Gasteiger partial charge in [0.15, 0.2) is 0 Å². The van der Waals surface area contributed by atoms with Gasteiger partial charge in [-0.15, -0.1) is 0 Å². The summed E-state index contributed by atoms with van der Waals surface area (Å²) in [7, 11) is 0. The first-order chi connectivity index (χ1) is 58.3. The summed E-state index contributed by atoms with van der Waals surface area (Å²) in [5, 5.41) is 0. The smallest absolute Gasteiger partial charge is 0.0659 e. The second-order valence-corrected chi connectivity index (χ2v) is 47.0. The zero-order valence-corrected chi connectivity index (χ0v) is 82.1. The van der Waals surface area contributed by atoms with Crippen molar-refractivity contribution in [2.75, 3.05) is 92.5 Å². The summed E-state index contributed by atoms with van der Waals surface area (Å²) in [4.78, 5) is 0. The summed E-state index contributed by atoms with van der Waals surface area (Å²) in [5.74, 6) is 21.0. The van der Waals surface area contributed by atoms with E-state index in [1.807, 2.05) is 0 Å². The Morgan fingerprint density at radius 2 is 0.600 bits per heavy atom. The summed E-state index contributed by atoms with van der Waals surface area (Å²) in [6.45, 7) is 46.9. The molecule has 21 aliphatic rings. The highest BCUT2D eigenvalue weighted by Gasteiger charge is 2.69. The van der Waals surface area contributed by atoms with Gasteiger partial charge < -0.3 is 42.6 Å². The van der Waals surface area contributed by atoms with Crippen LogP contribution in [0, 0.1) is 157 Å². The van der Waals surface area contributed by atoms with E-state index in [2.05, 4.69) is 104 Å². The molecule has 9 heteroatoms. The lowest BCUT2D eigenvalue weighted by Crippen LogP contribution is -2.47. The summed E-state index contributed by atoms with van der Waals surface area (Å²) in [5.41, 5.74) is 3.07. The maximum absolute atomic E-state index is 6.17. The predicted molar refractivity (Wildman–Crippen MR) is 502 cm³/mol. The van der Waals surface area contributed by atoms with Crippen LogP contribution in [0.4, 0.5) is 0 Å². The van der Waals surface area contributed by atoms with E-state index in [1.165, 1.54) is 315 Å². The first-order valence-electron chi connectivity index (χ1n) is 54.6. The molecule has 0 spiro atoms. The molecular weight excluding hydrogens is 1480 g/mol. The lowest BCUT2D eigenvalue weighted by molar-refractivity contribution is -0.0980. The lowest BCUT2D eigenvalue weighted by Gasteiger charge is -2.48. The number of ether oxygens (including phenoxy) is 9. The molecule has 21 aliphatic carbocycles. The van der Waals surface area contributed by atoms with Crippen molar-refractivity contribution < 1.29 is 42.6 Å². The average molecular weight is 1680 g/mol. The molecule has 0 saturated heterocycles. The van der Waals surface area contributed by atoms with Gasteiger partial charge >= 0.3 is 0 Å². The normalized spacial score (nSPS) is 42.9. The molecule has 21 rings (SSSR count). The number of hydrogen-bond acceptors (Lipinski definition) is 9. The van der Waals surface area contributed by atoms with Crippen molar-refractivity contribution in [3.8, 4) is 0 Å². The maximum Gasteiger partial charge on any atom is 0.0659 e. The van der Waals surface area contributed by atoms with E-state index in [4.69, 9.17) is 42.6 Å². The molecule has 0 aromatic carbocycles. The van der Waals surface area contributed by atoms with Crippen LogP contribution in [0.25, 0.3) is 0 Å². The van der Waals surface area contributed by atoms with E-state index in [9.17, 15) is 0 Å². The van der Waals surface area contributed by atoms with Crippen LogP contribution in [0.5, 0.6) is 0 Å².